The summed E-state index contributed by atoms with van der Waals surface area (Å²) in [6.45, 7) is 1.95. The summed E-state index contributed by atoms with van der Waals surface area (Å²) in [5, 5.41) is 16.2. The van der Waals surface area contributed by atoms with Gasteiger partial charge in [0.05, 0.1) is 45.5 Å². The van der Waals surface area contributed by atoms with Gasteiger partial charge in [-0.2, -0.15) is 10.2 Å². The number of rotatable bonds is 5. The predicted octanol–water partition coefficient (Wildman–Crippen LogP) is 5.55. The zero-order valence-corrected chi connectivity index (χ0v) is 17.8. The van der Waals surface area contributed by atoms with Gasteiger partial charge >= 0.3 is 0 Å². The number of aromatic nitrogens is 5. The fourth-order valence-electron chi connectivity index (χ4n) is 3.66. The summed E-state index contributed by atoms with van der Waals surface area (Å²) >= 11 is 5.95. The van der Waals surface area contributed by atoms with Crippen molar-refractivity contribution in [2.24, 2.45) is 0 Å². The highest BCUT2D eigenvalue weighted by Gasteiger charge is 2.19. The number of nitrogens with one attached hydrogen (secondary N) is 2. The Morgan fingerprint density at radius 3 is 2.81 bits per heavy atom. The highest BCUT2D eigenvalue weighted by Crippen LogP contribution is 2.34. The predicted molar refractivity (Wildman–Crippen MR) is 124 cm³/mol. The van der Waals surface area contributed by atoms with Gasteiger partial charge in [0.25, 0.3) is 0 Å². The Morgan fingerprint density at radius 1 is 1.12 bits per heavy atom. The van der Waals surface area contributed by atoms with E-state index in [4.69, 9.17) is 17.3 Å². The molecule has 9 heteroatoms. The van der Waals surface area contributed by atoms with Gasteiger partial charge in [-0.05, 0) is 55.5 Å². The second-order valence-electron chi connectivity index (χ2n) is 7.45. The number of hydrogen-bond acceptors (Lipinski definition) is 5. The summed E-state index contributed by atoms with van der Waals surface area (Å²) in [6.07, 6.45) is 4.97. The van der Waals surface area contributed by atoms with Crippen LogP contribution in [-0.2, 0) is 0 Å². The van der Waals surface area contributed by atoms with Crippen LogP contribution in [0.5, 0.6) is 0 Å². The third kappa shape index (κ3) is 3.65. The highest BCUT2D eigenvalue weighted by molar-refractivity contribution is 6.30. The van der Waals surface area contributed by atoms with E-state index in [9.17, 15) is 0 Å². The summed E-state index contributed by atoms with van der Waals surface area (Å²) in [5.41, 5.74) is 10.5. The van der Waals surface area contributed by atoms with Gasteiger partial charge in [-0.3, -0.25) is 14.8 Å². The molecule has 0 aliphatic rings. The summed E-state index contributed by atoms with van der Waals surface area (Å²) in [7, 11) is 0. The van der Waals surface area contributed by atoms with Gasteiger partial charge in [0.15, 0.2) is 0 Å². The van der Waals surface area contributed by atoms with Crippen LogP contribution in [0.1, 0.15) is 18.7 Å². The SMILES string of the molecule is CC(c1ccc(Cl)cn1)n1nccc1-c1cc(Nc2ccc3cn[nH]c3c2)c(N)cc1F. The standard InChI is InChI=1S/C23H19ClFN7/c1-13(20-5-3-15(24)12-27-20)32-23(6-7-29-32)17-9-22(19(26)10-18(17)25)30-16-4-2-14-11-28-31-21(14)8-16/h2-13,30H,26H2,1H3,(H,28,31). The monoisotopic (exact) mass is 447 g/mol. The summed E-state index contributed by atoms with van der Waals surface area (Å²) < 4.78 is 16.7. The number of halogens is 2. The molecule has 160 valence electrons. The molecule has 1 atom stereocenters. The number of H-pyrrole nitrogens is 1. The largest absolute Gasteiger partial charge is 0.397 e. The molecular weight excluding hydrogens is 429 g/mol. The third-order valence-corrected chi connectivity index (χ3v) is 5.58. The van der Waals surface area contributed by atoms with Gasteiger partial charge in [-0.15, -0.1) is 0 Å². The molecule has 3 heterocycles. The van der Waals surface area contributed by atoms with Crippen molar-refractivity contribution < 1.29 is 4.39 Å². The molecule has 5 rings (SSSR count). The topological polar surface area (TPSA) is 97.4 Å². The molecule has 0 bridgehead atoms. The first kappa shape index (κ1) is 20.0. The summed E-state index contributed by atoms with van der Waals surface area (Å²) in [6, 6.07) is 13.9. The Balaban J connectivity index is 1.52. The molecule has 0 radical (unpaired) electrons. The van der Waals surface area contributed by atoms with Crippen molar-refractivity contribution in [3.63, 3.8) is 0 Å². The average Bonchev–Trinajstić information content (AvgIpc) is 3.45. The van der Waals surface area contributed by atoms with Crippen LogP contribution in [0.2, 0.25) is 5.02 Å². The molecule has 32 heavy (non-hydrogen) atoms. The fourth-order valence-corrected chi connectivity index (χ4v) is 3.77. The normalized spacial score (nSPS) is 12.2. The average molecular weight is 448 g/mol. The molecule has 0 spiro atoms. The lowest BCUT2D eigenvalue weighted by atomic mass is 10.1. The molecule has 3 aromatic heterocycles. The Bertz CT molecular complexity index is 1410. The van der Waals surface area contributed by atoms with Crippen LogP contribution in [-0.4, -0.2) is 25.0 Å². The van der Waals surface area contributed by atoms with E-state index in [0.717, 1.165) is 22.3 Å². The van der Waals surface area contributed by atoms with Crippen molar-refractivity contribution in [3.05, 3.63) is 83.7 Å². The number of nitrogens with two attached hydrogens (primary N) is 1. The minimum atomic E-state index is -0.435. The molecule has 4 N–H and O–H groups in total. The second-order valence-corrected chi connectivity index (χ2v) is 7.89. The van der Waals surface area contributed by atoms with E-state index in [1.165, 1.54) is 6.07 Å². The highest BCUT2D eigenvalue weighted by atomic mass is 35.5. The lowest BCUT2D eigenvalue weighted by Gasteiger charge is -2.17. The number of pyridine rings is 1. The first-order chi connectivity index (χ1) is 15.5. The summed E-state index contributed by atoms with van der Waals surface area (Å²) in [4.78, 5) is 4.37. The molecule has 5 aromatic rings. The Kier molecular flexibility index (Phi) is 4.99. The zero-order valence-electron chi connectivity index (χ0n) is 17.1. The number of nitrogen functional groups attached to an aromatic ring is 1. The number of benzene rings is 2. The van der Waals surface area contributed by atoms with Crippen molar-refractivity contribution in [1.82, 2.24) is 25.0 Å². The van der Waals surface area contributed by atoms with E-state index < -0.39 is 5.82 Å². The lowest BCUT2D eigenvalue weighted by Crippen LogP contribution is -2.12. The van der Waals surface area contributed by atoms with Crippen LogP contribution in [0.3, 0.4) is 0 Å². The maximum atomic E-state index is 15.0. The van der Waals surface area contributed by atoms with Crippen molar-refractivity contribution >= 4 is 39.6 Å². The molecular formula is C23H19ClFN7. The van der Waals surface area contributed by atoms with E-state index >= 15 is 4.39 Å². The Labute approximate surface area is 188 Å². The van der Waals surface area contributed by atoms with Crippen molar-refractivity contribution in [3.8, 4) is 11.3 Å². The third-order valence-electron chi connectivity index (χ3n) is 5.35. The van der Waals surface area contributed by atoms with E-state index in [2.05, 4.69) is 25.6 Å². The van der Waals surface area contributed by atoms with E-state index in [1.807, 2.05) is 31.2 Å². The van der Waals surface area contributed by atoms with E-state index in [0.29, 0.717) is 27.7 Å². The molecule has 0 aliphatic heterocycles. The molecule has 0 amide bonds. The number of fused-ring (bicyclic) bond motifs is 1. The molecule has 0 fully saturated rings. The van der Waals surface area contributed by atoms with Crippen LogP contribution in [0.25, 0.3) is 22.2 Å². The lowest BCUT2D eigenvalue weighted by molar-refractivity contribution is 0.553. The van der Waals surface area contributed by atoms with Crippen LogP contribution in [0.15, 0.2) is 67.1 Å². The van der Waals surface area contributed by atoms with Gasteiger partial charge in [0, 0.05) is 29.0 Å². The van der Waals surface area contributed by atoms with E-state index in [-0.39, 0.29) is 6.04 Å². The minimum Gasteiger partial charge on any atom is -0.397 e. The first-order valence-corrected chi connectivity index (χ1v) is 10.3. The van der Waals surface area contributed by atoms with Crippen LogP contribution >= 0.6 is 11.6 Å². The summed E-state index contributed by atoms with van der Waals surface area (Å²) in [5.74, 6) is -0.435. The Morgan fingerprint density at radius 2 is 2.00 bits per heavy atom. The van der Waals surface area contributed by atoms with E-state index in [1.54, 1.807) is 41.5 Å². The van der Waals surface area contributed by atoms with Crippen molar-refractivity contribution in [2.45, 2.75) is 13.0 Å². The van der Waals surface area contributed by atoms with Crippen LogP contribution in [0.4, 0.5) is 21.5 Å². The van der Waals surface area contributed by atoms with Gasteiger partial charge in [0.2, 0.25) is 0 Å². The van der Waals surface area contributed by atoms with Gasteiger partial charge in [-0.1, -0.05) is 11.6 Å². The molecule has 7 nitrogen and oxygen atoms in total. The number of anilines is 3. The molecule has 2 aromatic carbocycles. The van der Waals surface area contributed by atoms with Gasteiger partial charge in [0.1, 0.15) is 5.82 Å². The van der Waals surface area contributed by atoms with Gasteiger partial charge in [-0.25, -0.2) is 4.39 Å². The maximum absolute atomic E-state index is 15.0. The van der Waals surface area contributed by atoms with Crippen molar-refractivity contribution in [2.75, 3.05) is 11.1 Å². The zero-order chi connectivity index (χ0) is 22.2. The maximum Gasteiger partial charge on any atom is 0.134 e. The first-order valence-electron chi connectivity index (χ1n) is 9.94. The van der Waals surface area contributed by atoms with Gasteiger partial charge < -0.3 is 11.1 Å². The Hall–Kier alpha value is -3.91. The number of aromatic amines is 1. The van der Waals surface area contributed by atoms with Crippen LogP contribution < -0.4 is 11.1 Å². The smallest absolute Gasteiger partial charge is 0.134 e. The number of nitrogens with zero attached hydrogens (tertiary/aromatic N) is 4. The molecule has 1 unspecified atom stereocenters. The molecule has 0 saturated heterocycles. The van der Waals surface area contributed by atoms with Crippen LogP contribution in [0, 0.1) is 5.82 Å². The minimum absolute atomic E-state index is 0.228. The number of hydrogen-bond donors (Lipinski definition) is 3. The second kappa shape index (κ2) is 7.97. The fraction of sp³-hybridized carbons (Fsp3) is 0.0870. The van der Waals surface area contributed by atoms with Crippen molar-refractivity contribution in [1.29, 1.82) is 0 Å². The molecule has 0 aliphatic carbocycles. The molecule has 0 saturated carbocycles. The quantitative estimate of drug-likeness (QED) is 0.307.